The molecule has 0 amide bonds. The lowest BCUT2D eigenvalue weighted by molar-refractivity contribution is 0.140. The van der Waals surface area contributed by atoms with Gasteiger partial charge in [-0.3, -0.25) is 4.79 Å². The van der Waals surface area contributed by atoms with E-state index in [4.69, 9.17) is 1.37 Å². The van der Waals surface area contributed by atoms with Gasteiger partial charge >= 0.3 is 0 Å². The van der Waals surface area contributed by atoms with Gasteiger partial charge in [0, 0.05) is 17.5 Å². The van der Waals surface area contributed by atoms with Crippen LogP contribution in [0.5, 0.6) is 0 Å². The lowest BCUT2D eigenvalue weighted by Gasteiger charge is -2.23. The van der Waals surface area contributed by atoms with Gasteiger partial charge in [-0.2, -0.15) is 4.73 Å². The van der Waals surface area contributed by atoms with E-state index in [1.807, 2.05) is 0 Å². The standard InChI is InChI=1S/C12H15F2NO2/c13-12(14)9-6-10(15(17)11(16)7-9)8-4-2-1-3-5-8/h6-8,12,17H,1-5H2/i7D. The minimum absolute atomic E-state index is 0.0745. The second-order valence-electron chi connectivity index (χ2n) is 4.40. The molecule has 1 aliphatic carbocycles. The van der Waals surface area contributed by atoms with Crippen LogP contribution in [0.2, 0.25) is 0 Å². The molecule has 94 valence electrons. The zero-order chi connectivity index (χ0) is 13.3. The largest absolute Gasteiger partial charge is 0.425 e. The van der Waals surface area contributed by atoms with Crippen LogP contribution in [0.3, 0.4) is 0 Å². The lowest BCUT2D eigenvalue weighted by atomic mass is 9.86. The Morgan fingerprint density at radius 2 is 2.06 bits per heavy atom. The Morgan fingerprint density at radius 3 is 2.65 bits per heavy atom. The van der Waals surface area contributed by atoms with E-state index in [1.54, 1.807) is 0 Å². The van der Waals surface area contributed by atoms with Crippen molar-refractivity contribution in [3.05, 3.63) is 33.7 Å². The fourth-order valence-electron chi connectivity index (χ4n) is 2.36. The van der Waals surface area contributed by atoms with Gasteiger partial charge < -0.3 is 5.21 Å². The first-order valence-electron chi connectivity index (χ1n) is 6.26. The van der Waals surface area contributed by atoms with Crippen molar-refractivity contribution in [1.82, 2.24) is 4.73 Å². The van der Waals surface area contributed by atoms with Crippen LogP contribution in [0.1, 0.15) is 57.1 Å². The van der Waals surface area contributed by atoms with Crippen LogP contribution in [-0.2, 0) is 0 Å². The maximum Gasteiger partial charge on any atom is 0.283 e. The summed E-state index contributed by atoms with van der Waals surface area (Å²) in [5.41, 5.74) is -1.44. The van der Waals surface area contributed by atoms with Crippen molar-refractivity contribution in [3.8, 4) is 0 Å². The van der Waals surface area contributed by atoms with E-state index in [9.17, 15) is 18.8 Å². The minimum atomic E-state index is -2.87. The average Bonchev–Trinajstić information content (AvgIpc) is 2.37. The summed E-state index contributed by atoms with van der Waals surface area (Å²) in [6.45, 7) is 0. The average molecular weight is 244 g/mol. The summed E-state index contributed by atoms with van der Waals surface area (Å²) in [4.78, 5) is 11.5. The van der Waals surface area contributed by atoms with Gasteiger partial charge in [-0.05, 0) is 18.9 Å². The van der Waals surface area contributed by atoms with Crippen LogP contribution < -0.4 is 5.56 Å². The van der Waals surface area contributed by atoms with Crippen LogP contribution in [0, 0.1) is 0 Å². The van der Waals surface area contributed by atoms with Crippen molar-refractivity contribution in [2.75, 3.05) is 0 Å². The summed E-state index contributed by atoms with van der Waals surface area (Å²) in [5.74, 6) is -0.0745. The van der Waals surface area contributed by atoms with E-state index in [1.165, 1.54) is 0 Å². The third-order valence-corrected chi connectivity index (χ3v) is 3.25. The third-order valence-electron chi connectivity index (χ3n) is 3.25. The maximum absolute atomic E-state index is 12.7. The Bertz CT molecular complexity index is 496. The van der Waals surface area contributed by atoms with E-state index < -0.39 is 23.6 Å². The molecule has 0 aromatic carbocycles. The molecule has 1 aliphatic rings. The molecular formula is C12H15F2NO2. The van der Waals surface area contributed by atoms with Crippen LogP contribution in [0.25, 0.3) is 0 Å². The SMILES string of the molecule is [2H]c1c(C(F)F)cc(C2CCCCC2)n(O)c1=O. The van der Waals surface area contributed by atoms with Crippen molar-refractivity contribution < 1.29 is 15.4 Å². The molecule has 0 radical (unpaired) electrons. The van der Waals surface area contributed by atoms with Gasteiger partial charge in [-0.15, -0.1) is 0 Å². The zero-order valence-corrected chi connectivity index (χ0v) is 9.33. The highest BCUT2D eigenvalue weighted by atomic mass is 19.3. The van der Waals surface area contributed by atoms with Crippen LogP contribution in [0.4, 0.5) is 8.78 Å². The number of rotatable bonds is 2. The smallest absolute Gasteiger partial charge is 0.283 e. The summed E-state index contributed by atoms with van der Waals surface area (Å²) in [6.07, 6.45) is 1.70. The second kappa shape index (κ2) is 4.85. The monoisotopic (exact) mass is 244 g/mol. The predicted molar refractivity (Wildman–Crippen MR) is 58.7 cm³/mol. The summed E-state index contributed by atoms with van der Waals surface area (Å²) < 4.78 is 33.1. The van der Waals surface area contributed by atoms with Crippen LogP contribution in [-0.4, -0.2) is 9.94 Å². The van der Waals surface area contributed by atoms with Gasteiger partial charge in [-0.25, -0.2) is 8.78 Å². The summed E-state index contributed by atoms with van der Waals surface area (Å²) in [7, 11) is 0. The van der Waals surface area contributed by atoms with E-state index >= 15 is 0 Å². The fourth-order valence-corrected chi connectivity index (χ4v) is 2.36. The van der Waals surface area contributed by atoms with Gasteiger partial charge in [-0.1, -0.05) is 19.3 Å². The molecule has 0 spiro atoms. The number of nitrogens with zero attached hydrogens (tertiary/aromatic N) is 1. The summed E-state index contributed by atoms with van der Waals surface area (Å²) in [5, 5.41) is 9.68. The summed E-state index contributed by atoms with van der Waals surface area (Å²) in [6, 6.07) is 0.275. The quantitative estimate of drug-likeness (QED) is 0.812. The maximum atomic E-state index is 12.7. The molecule has 0 bridgehead atoms. The van der Waals surface area contributed by atoms with Crippen molar-refractivity contribution in [3.63, 3.8) is 0 Å². The normalized spacial score (nSPS) is 18.4. The number of halogens is 2. The number of aromatic nitrogens is 1. The van der Waals surface area contributed by atoms with E-state index in [-0.39, 0.29) is 11.6 Å². The Hall–Kier alpha value is -1.39. The van der Waals surface area contributed by atoms with Crippen molar-refractivity contribution in [1.29, 1.82) is 0 Å². The highest BCUT2D eigenvalue weighted by Crippen LogP contribution is 2.33. The fraction of sp³-hybridized carbons (Fsp3) is 0.583. The number of hydrogen-bond acceptors (Lipinski definition) is 2. The Kier molecular flexibility index (Phi) is 3.07. The summed E-state index contributed by atoms with van der Waals surface area (Å²) >= 11 is 0. The van der Waals surface area contributed by atoms with Gasteiger partial charge in [0.25, 0.3) is 12.0 Å². The van der Waals surface area contributed by atoms with Crippen molar-refractivity contribution in [2.45, 2.75) is 44.4 Å². The van der Waals surface area contributed by atoms with Gasteiger partial charge in [0.05, 0.1) is 7.06 Å². The first-order chi connectivity index (χ1) is 8.52. The molecule has 0 saturated heterocycles. The van der Waals surface area contributed by atoms with Crippen molar-refractivity contribution in [2.24, 2.45) is 0 Å². The number of alkyl halides is 2. The Morgan fingerprint density at radius 1 is 1.41 bits per heavy atom. The second-order valence-corrected chi connectivity index (χ2v) is 4.40. The molecule has 2 rings (SSSR count). The Labute approximate surface area is 99.1 Å². The molecule has 3 nitrogen and oxygen atoms in total. The molecule has 1 N–H and O–H groups in total. The van der Waals surface area contributed by atoms with E-state index in [0.717, 1.165) is 38.2 Å². The van der Waals surface area contributed by atoms with Gasteiger partial charge in [0.2, 0.25) is 0 Å². The highest BCUT2D eigenvalue weighted by Gasteiger charge is 2.21. The minimum Gasteiger partial charge on any atom is -0.425 e. The molecule has 1 saturated carbocycles. The third kappa shape index (κ3) is 2.48. The topological polar surface area (TPSA) is 42.2 Å². The predicted octanol–water partition coefficient (Wildman–Crippen LogP) is 3.07. The molecule has 1 aromatic rings. The van der Waals surface area contributed by atoms with Crippen molar-refractivity contribution >= 4 is 0 Å². The molecule has 0 unspecified atom stereocenters. The number of hydrogen-bond donors (Lipinski definition) is 1. The lowest BCUT2D eigenvalue weighted by Crippen LogP contribution is -2.24. The molecule has 17 heavy (non-hydrogen) atoms. The van der Waals surface area contributed by atoms with E-state index in [2.05, 4.69) is 0 Å². The van der Waals surface area contributed by atoms with Gasteiger partial charge in [0.1, 0.15) is 0 Å². The molecule has 1 heterocycles. The molecular weight excluding hydrogens is 228 g/mol. The molecule has 0 aliphatic heterocycles. The molecule has 1 fully saturated rings. The zero-order valence-electron chi connectivity index (χ0n) is 10.3. The first-order valence-corrected chi connectivity index (χ1v) is 5.76. The highest BCUT2D eigenvalue weighted by molar-refractivity contribution is 5.21. The van der Waals surface area contributed by atoms with Crippen LogP contribution >= 0.6 is 0 Å². The molecule has 5 heteroatoms. The van der Waals surface area contributed by atoms with Crippen LogP contribution in [0.15, 0.2) is 16.9 Å². The van der Waals surface area contributed by atoms with E-state index in [0.29, 0.717) is 4.73 Å². The van der Waals surface area contributed by atoms with Gasteiger partial charge in [0.15, 0.2) is 0 Å². The first kappa shape index (κ1) is 10.7. The number of pyridine rings is 1. The molecule has 0 atom stereocenters. The molecule has 1 aromatic heterocycles. The Balaban J connectivity index is 2.49.